The summed E-state index contributed by atoms with van der Waals surface area (Å²) >= 11 is 0. The number of hydroxylamine groups is 2. The molecule has 2 heterocycles. The highest BCUT2D eigenvalue weighted by molar-refractivity contribution is 5.95. The lowest BCUT2D eigenvalue weighted by Gasteiger charge is -2.62. The Bertz CT molecular complexity index is 1450. The maximum Gasteiger partial charge on any atom is 0.240 e. The first-order valence-electron chi connectivity index (χ1n) is 15.2. The number of ether oxygens (including phenoxy) is 1. The van der Waals surface area contributed by atoms with Crippen LogP contribution in [0.4, 0.5) is 0 Å². The molecule has 0 spiro atoms. The molecule has 3 saturated carbocycles. The third kappa shape index (κ3) is 4.78. The van der Waals surface area contributed by atoms with Crippen molar-refractivity contribution < 1.29 is 24.6 Å². The van der Waals surface area contributed by atoms with Crippen molar-refractivity contribution in [3.63, 3.8) is 0 Å². The number of nitrogens with one attached hydrogen (secondary N) is 1. The molecule has 8 atom stereocenters. The number of rotatable bonds is 8. The van der Waals surface area contributed by atoms with Gasteiger partial charge in [0, 0.05) is 40.2 Å². The highest BCUT2D eigenvalue weighted by atomic mass is 16.7. The minimum Gasteiger partial charge on any atom is -0.496 e. The number of carbonyl (C=O) groups excluding carboxylic acids is 1. The SMILES string of the molecule is COc1c(CN2O[C@@H](CO)[C@H]([C@H](C)O)[C@H]2C(=O)N[C@H]2CC3C[C@@H]([C@@H]2C)C3(C)C)cccc1-c1cccc2cccnc12. The van der Waals surface area contributed by atoms with Gasteiger partial charge in [0.2, 0.25) is 5.91 Å². The molecule has 0 radical (unpaired) electrons. The van der Waals surface area contributed by atoms with Crippen LogP contribution in [0.1, 0.15) is 46.1 Å². The van der Waals surface area contributed by atoms with E-state index in [9.17, 15) is 15.0 Å². The summed E-state index contributed by atoms with van der Waals surface area (Å²) in [4.78, 5) is 24.9. The van der Waals surface area contributed by atoms with Crippen LogP contribution in [0, 0.1) is 29.1 Å². The number of amides is 1. The van der Waals surface area contributed by atoms with Gasteiger partial charge in [-0.3, -0.25) is 14.6 Å². The molecule has 7 rings (SSSR count). The lowest BCUT2D eigenvalue weighted by Crippen LogP contribution is -2.62. The summed E-state index contributed by atoms with van der Waals surface area (Å²) in [6.45, 7) is 8.54. The number of aliphatic hydroxyl groups is 2. The van der Waals surface area contributed by atoms with Gasteiger partial charge in [0.15, 0.2) is 0 Å². The van der Waals surface area contributed by atoms with Gasteiger partial charge in [-0.1, -0.05) is 63.2 Å². The molecule has 224 valence electrons. The standard InChI is InChI=1S/C34H43N3O5/c1-19-26-15-23(34(26,3)4)16-27(19)36-33(40)31-29(20(2)39)28(18-38)42-37(31)17-22-10-7-13-25(32(22)41-5)24-12-6-9-21-11-8-14-35-30(21)24/h6-14,19-20,23,26-29,31,38-39H,15-18H2,1-5H3,(H,36,40)/t19-,20-,23?,26-,27-,28-,29-,31-/m0/s1. The Hall–Kier alpha value is -3.04. The lowest BCUT2D eigenvalue weighted by molar-refractivity contribution is -0.183. The van der Waals surface area contributed by atoms with Gasteiger partial charge in [0.05, 0.1) is 31.9 Å². The first kappa shape index (κ1) is 29.1. The molecule has 8 nitrogen and oxygen atoms in total. The summed E-state index contributed by atoms with van der Waals surface area (Å²) in [5, 5.41) is 27.0. The maximum absolute atomic E-state index is 14.0. The Morgan fingerprint density at radius 3 is 2.60 bits per heavy atom. The molecule has 4 fully saturated rings. The molecule has 1 unspecified atom stereocenters. The first-order chi connectivity index (χ1) is 20.1. The summed E-state index contributed by atoms with van der Waals surface area (Å²) in [5.41, 5.74) is 3.86. The normalized spacial score (nSPS) is 31.0. The van der Waals surface area contributed by atoms with Gasteiger partial charge in [-0.15, -0.1) is 0 Å². The number of nitrogens with zero attached hydrogens (tertiary/aromatic N) is 2. The Morgan fingerprint density at radius 1 is 1.17 bits per heavy atom. The topological polar surface area (TPSA) is 104 Å². The molecular formula is C34H43N3O5. The fourth-order valence-electron chi connectivity index (χ4n) is 8.14. The largest absolute Gasteiger partial charge is 0.496 e. The highest BCUT2D eigenvalue weighted by Gasteiger charge is 2.57. The van der Waals surface area contributed by atoms with Crippen LogP contribution in [0.2, 0.25) is 0 Å². The Balaban J connectivity index is 1.31. The van der Waals surface area contributed by atoms with Crippen LogP contribution in [0.25, 0.3) is 22.0 Å². The van der Waals surface area contributed by atoms with Gasteiger partial charge in [-0.25, -0.2) is 0 Å². The first-order valence-corrected chi connectivity index (χ1v) is 15.2. The average molecular weight is 574 g/mol. The van der Waals surface area contributed by atoms with Crippen molar-refractivity contribution in [1.82, 2.24) is 15.4 Å². The van der Waals surface area contributed by atoms with Gasteiger partial charge in [0.1, 0.15) is 17.9 Å². The van der Waals surface area contributed by atoms with Gasteiger partial charge in [0.25, 0.3) is 0 Å². The van der Waals surface area contributed by atoms with E-state index >= 15 is 0 Å². The number of hydrogen-bond acceptors (Lipinski definition) is 7. The quantitative estimate of drug-likeness (QED) is 0.363. The molecule has 2 aromatic carbocycles. The Kier molecular flexibility index (Phi) is 7.77. The second-order valence-electron chi connectivity index (χ2n) is 13.1. The number of carbonyl (C=O) groups is 1. The predicted octanol–water partition coefficient (Wildman–Crippen LogP) is 4.57. The molecule has 3 N–H and O–H groups in total. The van der Waals surface area contributed by atoms with Crippen LogP contribution in [0.3, 0.4) is 0 Å². The highest BCUT2D eigenvalue weighted by Crippen LogP contribution is 2.61. The second-order valence-corrected chi connectivity index (χ2v) is 13.1. The molecule has 8 heteroatoms. The van der Waals surface area contributed by atoms with E-state index in [0.29, 0.717) is 28.9 Å². The summed E-state index contributed by atoms with van der Waals surface area (Å²) in [6, 6.07) is 15.3. The molecule has 4 aliphatic rings. The number of fused-ring (bicyclic) bond motifs is 3. The van der Waals surface area contributed by atoms with Crippen LogP contribution >= 0.6 is 0 Å². The van der Waals surface area contributed by atoms with Crippen molar-refractivity contribution in [3.05, 3.63) is 60.3 Å². The maximum atomic E-state index is 14.0. The van der Waals surface area contributed by atoms with Crippen molar-refractivity contribution in [2.45, 2.75) is 71.4 Å². The van der Waals surface area contributed by atoms with Crippen molar-refractivity contribution in [3.8, 4) is 16.9 Å². The number of hydrogen-bond donors (Lipinski definition) is 3. The molecule has 2 bridgehead atoms. The summed E-state index contributed by atoms with van der Waals surface area (Å²) in [5.74, 6) is 1.48. The van der Waals surface area contributed by atoms with E-state index in [2.05, 4.69) is 31.1 Å². The van der Waals surface area contributed by atoms with Crippen LogP contribution in [-0.4, -0.2) is 64.2 Å². The smallest absolute Gasteiger partial charge is 0.240 e. The van der Waals surface area contributed by atoms with Crippen LogP contribution in [-0.2, 0) is 16.2 Å². The average Bonchev–Trinajstić information content (AvgIpc) is 3.36. The molecule has 3 aliphatic carbocycles. The van der Waals surface area contributed by atoms with Crippen molar-refractivity contribution in [2.75, 3.05) is 13.7 Å². The van der Waals surface area contributed by atoms with E-state index in [0.717, 1.165) is 34.0 Å². The molecular weight excluding hydrogens is 530 g/mol. The zero-order valence-corrected chi connectivity index (χ0v) is 25.2. The molecule has 1 aromatic heterocycles. The third-order valence-electron chi connectivity index (χ3n) is 10.6. The van der Waals surface area contributed by atoms with Gasteiger partial charge in [-0.2, -0.15) is 5.06 Å². The lowest BCUT2D eigenvalue weighted by atomic mass is 9.45. The Morgan fingerprint density at radius 2 is 1.90 bits per heavy atom. The second kappa shape index (κ2) is 11.2. The molecule has 1 saturated heterocycles. The minimum atomic E-state index is -0.853. The zero-order valence-electron chi connectivity index (χ0n) is 25.2. The predicted molar refractivity (Wildman–Crippen MR) is 161 cm³/mol. The number of methoxy groups -OCH3 is 1. The van der Waals surface area contributed by atoms with Crippen molar-refractivity contribution >= 4 is 16.8 Å². The van der Waals surface area contributed by atoms with Crippen LogP contribution in [0.15, 0.2) is 54.7 Å². The van der Waals surface area contributed by atoms with E-state index in [1.807, 2.05) is 48.5 Å². The number of aromatic nitrogens is 1. The van der Waals surface area contributed by atoms with Crippen LogP contribution < -0.4 is 10.1 Å². The third-order valence-corrected chi connectivity index (χ3v) is 10.6. The summed E-state index contributed by atoms with van der Waals surface area (Å²) in [6.07, 6.45) is 2.42. The van der Waals surface area contributed by atoms with Crippen molar-refractivity contribution in [1.29, 1.82) is 0 Å². The van der Waals surface area contributed by atoms with E-state index < -0.39 is 24.2 Å². The Labute approximate surface area is 248 Å². The fourth-order valence-corrected chi connectivity index (χ4v) is 8.14. The summed E-state index contributed by atoms with van der Waals surface area (Å²) in [7, 11) is 1.64. The molecule has 1 amide bonds. The van der Waals surface area contributed by atoms with Gasteiger partial charge in [-0.05, 0) is 49.0 Å². The van der Waals surface area contributed by atoms with Crippen LogP contribution in [0.5, 0.6) is 5.75 Å². The fraction of sp³-hybridized carbons (Fsp3) is 0.529. The van der Waals surface area contributed by atoms with Gasteiger partial charge >= 0.3 is 0 Å². The zero-order chi connectivity index (χ0) is 29.8. The van der Waals surface area contributed by atoms with E-state index in [-0.39, 0.29) is 25.1 Å². The minimum absolute atomic E-state index is 0.0793. The van der Waals surface area contributed by atoms with Gasteiger partial charge < -0.3 is 20.3 Å². The van der Waals surface area contributed by atoms with E-state index in [1.165, 1.54) is 6.42 Å². The number of aliphatic hydroxyl groups excluding tert-OH is 2. The molecule has 42 heavy (non-hydrogen) atoms. The van der Waals surface area contributed by atoms with E-state index in [4.69, 9.17) is 9.57 Å². The monoisotopic (exact) mass is 573 g/mol. The molecule has 1 aliphatic heterocycles. The van der Waals surface area contributed by atoms with Crippen molar-refractivity contribution in [2.24, 2.45) is 29.1 Å². The number of pyridine rings is 1. The summed E-state index contributed by atoms with van der Waals surface area (Å²) < 4.78 is 5.98. The molecule has 3 aromatic rings. The number of para-hydroxylation sites is 2. The van der Waals surface area contributed by atoms with E-state index in [1.54, 1.807) is 25.3 Å². The number of benzene rings is 2.